The molecule has 0 fully saturated rings. The molecule has 0 atom stereocenters. The Labute approximate surface area is 132 Å². The fourth-order valence-electron chi connectivity index (χ4n) is 2.52. The van der Waals surface area contributed by atoms with Crippen LogP contribution in [0.25, 0.3) is 33.7 Å². The van der Waals surface area contributed by atoms with Crippen LogP contribution < -0.4 is 4.74 Å². The van der Waals surface area contributed by atoms with Crippen molar-refractivity contribution in [1.29, 1.82) is 0 Å². The zero-order valence-electron chi connectivity index (χ0n) is 12.7. The highest BCUT2D eigenvalue weighted by atomic mass is 16.5. The quantitative estimate of drug-likeness (QED) is 0.581. The first kappa shape index (κ1) is 13.5. The summed E-state index contributed by atoms with van der Waals surface area (Å²) >= 11 is 0. The van der Waals surface area contributed by atoms with Crippen LogP contribution in [0.2, 0.25) is 0 Å². The molecule has 23 heavy (non-hydrogen) atoms. The van der Waals surface area contributed by atoms with E-state index in [1.165, 1.54) is 0 Å². The lowest BCUT2D eigenvalue weighted by Gasteiger charge is -1.99. The summed E-state index contributed by atoms with van der Waals surface area (Å²) in [5, 5.41) is 9.36. The Morgan fingerprint density at radius 3 is 2.87 bits per heavy atom. The molecule has 0 spiro atoms. The van der Waals surface area contributed by atoms with Crippen molar-refractivity contribution in [2.45, 2.75) is 0 Å². The van der Waals surface area contributed by atoms with E-state index in [0.29, 0.717) is 11.7 Å². The number of ether oxygens (including phenoxy) is 1. The molecule has 0 aliphatic rings. The lowest BCUT2D eigenvalue weighted by molar-refractivity contribution is 0.413. The van der Waals surface area contributed by atoms with Crippen LogP contribution in [0.15, 0.2) is 53.2 Å². The van der Waals surface area contributed by atoms with Crippen LogP contribution in [0.5, 0.6) is 5.75 Å². The molecule has 0 N–H and O–H groups in total. The molecule has 0 aliphatic carbocycles. The van der Waals surface area contributed by atoms with Gasteiger partial charge in [0, 0.05) is 23.6 Å². The van der Waals surface area contributed by atoms with E-state index < -0.39 is 0 Å². The van der Waals surface area contributed by atoms with Crippen LogP contribution in [-0.4, -0.2) is 27.0 Å². The number of aryl methyl sites for hydroxylation is 1. The van der Waals surface area contributed by atoms with Gasteiger partial charge in [-0.25, -0.2) is 0 Å². The van der Waals surface area contributed by atoms with Crippen LogP contribution >= 0.6 is 0 Å². The van der Waals surface area contributed by atoms with Crippen molar-refractivity contribution < 1.29 is 9.26 Å². The van der Waals surface area contributed by atoms with Gasteiger partial charge < -0.3 is 9.26 Å². The average Bonchev–Trinajstić information content (AvgIpc) is 3.22. The van der Waals surface area contributed by atoms with Crippen molar-refractivity contribution in [3.05, 3.63) is 48.7 Å². The molecule has 0 saturated carbocycles. The first-order valence-corrected chi connectivity index (χ1v) is 7.15. The van der Waals surface area contributed by atoms with Crippen molar-refractivity contribution in [2.24, 2.45) is 7.05 Å². The van der Waals surface area contributed by atoms with E-state index in [9.17, 15) is 0 Å². The number of hydrogen-bond acceptors (Lipinski definition) is 5. The Morgan fingerprint density at radius 2 is 2.00 bits per heavy atom. The molecule has 0 unspecified atom stereocenters. The molecule has 2 aromatic heterocycles. The van der Waals surface area contributed by atoms with Crippen molar-refractivity contribution >= 4 is 10.9 Å². The number of hydrogen-bond donors (Lipinski definition) is 0. The summed E-state index contributed by atoms with van der Waals surface area (Å²) < 4.78 is 12.4. The van der Waals surface area contributed by atoms with E-state index >= 15 is 0 Å². The third-order valence-electron chi connectivity index (χ3n) is 3.75. The molecular formula is C17H14N4O2. The summed E-state index contributed by atoms with van der Waals surface area (Å²) in [6.07, 6.45) is 1.82. The number of benzene rings is 2. The largest absolute Gasteiger partial charge is 0.497 e. The van der Waals surface area contributed by atoms with E-state index in [1.54, 1.807) is 7.11 Å². The number of fused-ring (bicyclic) bond motifs is 1. The number of methoxy groups -OCH3 is 1. The van der Waals surface area contributed by atoms with Crippen LogP contribution in [0.3, 0.4) is 0 Å². The van der Waals surface area contributed by atoms with Gasteiger partial charge in [0.05, 0.1) is 18.8 Å². The van der Waals surface area contributed by atoms with Gasteiger partial charge in [-0.2, -0.15) is 10.1 Å². The molecule has 0 saturated heterocycles. The fourth-order valence-corrected chi connectivity index (χ4v) is 2.52. The molecule has 2 aromatic carbocycles. The van der Waals surface area contributed by atoms with Gasteiger partial charge in [-0.15, -0.1) is 0 Å². The Balaban J connectivity index is 1.73. The van der Waals surface area contributed by atoms with Crippen molar-refractivity contribution in [3.8, 4) is 28.6 Å². The van der Waals surface area contributed by atoms with Crippen LogP contribution in [0.1, 0.15) is 0 Å². The van der Waals surface area contributed by atoms with Gasteiger partial charge in [0.15, 0.2) is 0 Å². The lowest BCUT2D eigenvalue weighted by Crippen LogP contribution is -1.88. The molecule has 4 aromatic rings. The first-order valence-electron chi connectivity index (χ1n) is 7.15. The zero-order valence-corrected chi connectivity index (χ0v) is 12.7. The van der Waals surface area contributed by atoms with E-state index in [4.69, 9.17) is 9.26 Å². The summed E-state index contributed by atoms with van der Waals surface area (Å²) in [6, 6.07) is 13.5. The van der Waals surface area contributed by atoms with Crippen LogP contribution in [-0.2, 0) is 7.05 Å². The Bertz CT molecular complexity index is 987. The van der Waals surface area contributed by atoms with Crippen LogP contribution in [0.4, 0.5) is 0 Å². The van der Waals surface area contributed by atoms with Crippen molar-refractivity contribution in [3.63, 3.8) is 0 Å². The van der Waals surface area contributed by atoms with Gasteiger partial charge in [0.25, 0.3) is 5.89 Å². The smallest absolute Gasteiger partial charge is 0.258 e. The van der Waals surface area contributed by atoms with Gasteiger partial charge in [-0.05, 0) is 36.4 Å². The second-order valence-electron chi connectivity index (χ2n) is 5.20. The van der Waals surface area contributed by atoms with Gasteiger partial charge in [-0.1, -0.05) is 11.2 Å². The normalized spacial score (nSPS) is 11.0. The number of nitrogens with zero attached hydrogens (tertiary/aromatic N) is 4. The third-order valence-corrected chi connectivity index (χ3v) is 3.75. The molecule has 6 heteroatoms. The van der Waals surface area contributed by atoms with Crippen molar-refractivity contribution in [2.75, 3.05) is 7.11 Å². The Morgan fingerprint density at radius 1 is 1.09 bits per heavy atom. The predicted molar refractivity (Wildman–Crippen MR) is 86.0 cm³/mol. The minimum absolute atomic E-state index is 0.463. The SMILES string of the molecule is COc1cccc(-c2nc(-c3ccc4c(cnn4C)c3)no2)c1. The van der Waals surface area contributed by atoms with Crippen LogP contribution in [0, 0.1) is 0 Å². The highest BCUT2D eigenvalue weighted by Gasteiger charge is 2.12. The maximum atomic E-state index is 5.38. The lowest BCUT2D eigenvalue weighted by atomic mass is 10.1. The predicted octanol–water partition coefficient (Wildman–Crippen LogP) is 3.30. The molecule has 0 aliphatic heterocycles. The van der Waals surface area contributed by atoms with E-state index in [0.717, 1.165) is 27.8 Å². The second-order valence-corrected chi connectivity index (χ2v) is 5.20. The van der Waals surface area contributed by atoms with Gasteiger partial charge in [0.1, 0.15) is 5.75 Å². The van der Waals surface area contributed by atoms with Crippen molar-refractivity contribution in [1.82, 2.24) is 19.9 Å². The summed E-state index contributed by atoms with van der Waals surface area (Å²) in [5.74, 6) is 1.76. The minimum atomic E-state index is 0.463. The van der Waals surface area contributed by atoms with Gasteiger partial charge in [-0.3, -0.25) is 4.68 Å². The summed E-state index contributed by atoms with van der Waals surface area (Å²) in [5.41, 5.74) is 2.78. The summed E-state index contributed by atoms with van der Waals surface area (Å²) in [4.78, 5) is 4.48. The topological polar surface area (TPSA) is 66.0 Å². The third kappa shape index (κ3) is 2.34. The maximum Gasteiger partial charge on any atom is 0.258 e. The maximum absolute atomic E-state index is 5.38. The molecule has 0 bridgehead atoms. The Kier molecular flexibility index (Phi) is 3.08. The molecule has 114 valence electrons. The average molecular weight is 306 g/mol. The highest BCUT2D eigenvalue weighted by Crippen LogP contribution is 2.26. The minimum Gasteiger partial charge on any atom is -0.497 e. The molecule has 6 nitrogen and oxygen atoms in total. The summed E-state index contributed by atoms with van der Waals surface area (Å²) in [7, 11) is 3.54. The second kappa shape index (κ2) is 5.24. The van der Waals surface area contributed by atoms with E-state index in [2.05, 4.69) is 15.2 Å². The van der Waals surface area contributed by atoms with Gasteiger partial charge in [0.2, 0.25) is 5.82 Å². The first-order chi connectivity index (χ1) is 11.2. The number of aromatic nitrogens is 4. The molecule has 0 amide bonds. The van der Waals surface area contributed by atoms with E-state index in [1.807, 2.05) is 60.4 Å². The fraction of sp³-hybridized carbons (Fsp3) is 0.118. The molecule has 0 radical (unpaired) electrons. The van der Waals surface area contributed by atoms with Gasteiger partial charge >= 0.3 is 0 Å². The molecule has 4 rings (SSSR count). The standard InChI is InChI=1S/C17H14N4O2/c1-21-15-7-6-11(8-13(15)10-18-21)16-19-17(23-20-16)12-4-3-5-14(9-12)22-2/h3-10H,1-2H3. The summed E-state index contributed by atoms with van der Waals surface area (Å²) in [6.45, 7) is 0. The monoisotopic (exact) mass is 306 g/mol. The zero-order chi connectivity index (χ0) is 15.8. The Hall–Kier alpha value is -3.15. The number of rotatable bonds is 3. The van der Waals surface area contributed by atoms with E-state index in [-0.39, 0.29) is 0 Å². The molecule has 2 heterocycles. The highest BCUT2D eigenvalue weighted by molar-refractivity contribution is 5.83. The molecular weight excluding hydrogens is 292 g/mol.